The van der Waals surface area contributed by atoms with Crippen molar-refractivity contribution in [2.45, 2.75) is 38.0 Å². The van der Waals surface area contributed by atoms with Crippen molar-refractivity contribution in [1.29, 1.82) is 0 Å². The largest absolute Gasteiger partial charge is 0.492 e. The van der Waals surface area contributed by atoms with Crippen LogP contribution in [0.3, 0.4) is 0 Å². The van der Waals surface area contributed by atoms with Gasteiger partial charge in [0.25, 0.3) is 0 Å². The number of ether oxygens (including phenoxy) is 2. The molecule has 2 atom stereocenters. The first-order valence-corrected chi connectivity index (χ1v) is 7.62. The highest BCUT2D eigenvalue weighted by Gasteiger charge is 2.34. The molecule has 0 bridgehead atoms. The van der Waals surface area contributed by atoms with Crippen molar-refractivity contribution in [3.8, 4) is 5.75 Å². The number of nitrogens with zero attached hydrogens (tertiary/aromatic N) is 1. The van der Waals surface area contributed by atoms with E-state index < -0.39 is 0 Å². The van der Waals surface area contributed by atoms with E-state index in [1.165, 1.54) is 0 Å². The lowest BCUT2D eigenvalue weighted by Crippen LogP contribution is -2.52. The molecule has 1 aromatic carbocycles. The molecule has 2 aliphatic heterocycles. The second-order valence-corrected chi connectivity index (χ2v) is 5.63. The number of piperidine rings is 1. The van der Waals surface area contributed by atoms with Crippen LogP contribution in [0.4, 0.5) is 0 Å². The third-order valence-corrected chi connectivity index (χ3v) is 4.45. The Bertz CT molecular complexity index is 444. The lowest BCUT2D eigenvalue weighted by molar-refractivity contribution is -0.00873. The molecule has 3 rings (SSSR count). The zero-order valence-corrected chi connectivity index (χ0v) is 12.1. The molecule has 0 spiro atoms. The lowest BCUT2D eigenvalue weighted by atomic mass is 9.94. The van der Waals surface area contributed by atoms with E-state index in [4.69, 9.17) is 15.2 Å². The van der Waals surface area contributed by atoms with Crippen LogP contribution in [-0.2, 0) is 4.74 Å². The maximum absolute atomic E-state index is 6.46. The Morgan fingerprint density at radius 1 is 1.30 bits per heavy atom. The Morgan fingerprint density at radius 3 is 2.80 bits per heavy atom. The van der Waals surface area contributed by atoms with E-state index in [1.54, 1.807) is 0 Å². The smallest absolute Gasteiger partial charge is 0.124 e. The van der Waals surface area contributed by atoms with Crippen molar-refractivity contribution >= 4 is 0 Å². The zero-order valence-electron chi connectivity index (χ0n) is 12.1. The first kappa shape index (κ1) is 13.9. The fraction of sp³-hybridized carbons (Fsp3) is 0.625. The van der Waals surface area contributed by atoms with Crippen molar-refractivity contribution in [2.24, 2.45) is 5.73 Å². The number of benzene rings is 1. The normalized spacial score (nSPS) is 27.9. The first-order chi connectivity index (χ1) is 9.79. The summed E-state index contributed by atoms with van der Waals surface area (Å²) in [7, 11) is 0. The average molecular weight is 276 g/mol. The summed E-state index contributed by atoms with van der Waals surface area (Å²) in [6.45, 7) is 5.67. The van der Waals surface area contributed by atoms with Crippen LogP contribution < -0.4 is 10.5 Å². The molecule has 2 heterocycles. The third kappa shape index (κ3) is 2.68. The van der Waals surface area contributed by atoms with E-state index >= 15 is 0 Å². The Kier molecular flexibility index (Phi) is 4.24. The summed E-state index contributed by atoms with van der Waals surface area (Å²) < 4.78 is 11.6. The van der Waals surface area contributed by atoms with Crippen LogP contribution in [0.5, 0.6) is 5.75 Å². The van der Waals surface area contributed by atoms with Gasteiger partial charge in [0.1, 0.15) is 12.4 Å². The van der Waals surface area contributed by atoms with Crippen molar-refractivity contribution in [3.63, 3.8) is 0 Å². The first-order valence-electron chi connectivity index (χ1n) is 7.62. The molecular weight excluding hydrogens is 252 g/mol. The van der Waals surface area contributed by atoms with Gasteiger partial charge in [0, 0.05) is 25.3 Å². The van der Waals surface area contributed by atoms with Gasteiger partial charge in [-0.25, -0.2) is 0 Å². The van der Waals surface area contributed by atoms with Crippen LogP contribution in [0.25, 0.3) is 0 Å². The predicted octanol–water partition coefficient (Wildman–Crippen LogP) is 1.95. The number of para-hydroxylation sites is 1. The standard InChI is InChI=1S/C16H24N2O2/c1-2-19-12-7-9-18(10-8-12)14-11-20-15-6-4-3-5-13(15)16(14)17/h3-6,12,14,16H,2,7-11,17H2,1H3. The number of rotatable bonds is 3. The molecule has 2 aliphatic rings. The minimum absolute atomic E-state index is 0.0450. The topological polar surface area (TPSA) is 47.7 Å². The fourth-order valence-corrected chi connectivity index (χ4v) is 3.32. The van der Waals surface area contributed by atoms with Gasteiger partial charge in [0.05, 0.1) is 18.2 Å². The number of fused-ring (bicyclic) bond motifs is 1. The van der Waals surface area contributed by atoms with E-state index in [0.717, 1.165) is 43.9 Å². The lowest BCUT2D eigenvalue weighted by Gasteiger charge is -2.42. The maximum atomic E-state index is 6.46. The summed E-state index contributed by atoms with van der Waals surface area (Å²) in [6, 6.07) is 8.45. The summed E-state index contributed by atoms with van der Waals surface area (Å²) in [4.78, 5) is 2.47. The van der Waals surface area contributed by atoms with E-state index in [2.05, 4.69) is 17.9 Å². The molecule has 110 valence electrons. The van der Waals surface area contributed by atoms with Gasteiger partial charge >= 0.3 is 0 Å². The summed E-state index contributed by atoms with van der Waals surface area (Å²) >= 11 is 0. The van der Waals surface area contributed by atoms with Crippen molar-refractivity contribution in [1.82, 2.24) is 4.90 Å². The summed E-state index contributed by atoms with van der Waals surface area (Å²) in [5, 5.41) is 0. The van der Waals surface area contributed by atoms with Gasteiger partial charge < -0.3 is 15.2 Å². The number of hydrogen-bond donors (Lipinski definition) is 1. The van der Waals surface area contributed by atoms with Gasteiger partial charge in [-0.1, -0.05) is 18.2 Å². The molecule has 0 saturated carbocycles. The second kappa shape index (κ2) is 6.12. The quantitative estimate of drug-likeness (QED) is 0.916. The molecule has 0 amide bonds. The highest BCUT2D eigenvalue weighted by molar-refractivity contribution is 5.38. The van der Waals surface area contributed by atoms with Gasteiger partial charge in [0.15, 0.2) is 0 Å². The van der Waals surface area contributed by atoms with Gasteiger partial charge in [-0.05, 0) is 25.8 Å². The van der Waals surface area contributed by atoms with Crippen LogP contribution in [0, 0.1) is 0 Å². The molecule has 0 radical (unpaired) electrons. The monoisotopic (exact) mass is 276 g/mol. The van der Waals surface area contributed by atoms with Crippen LogP contribution in [0.15, 0.2) is 24.3 Å². The van der Waals surface area contributed by atoms with Gasteiger partial charge in [-0.3, -0.25) is 4.90 Å². The van der Waals surface area contributed by atoms with Crippen LogP contribution in [0.2, 0.25) is 0 Å². The van der Waals surface area contributed by atoms with Gasteiger partial charge in [-0.15, -0.1) is 0 Å². The molecule has 2 unspecified atom stereocenters. The van der Waals surface area contributed by atoms with Crippen molar-refractivity contribution in [3.05, 3.63) is 29.8 Å². The Hall–Kier alpha value is -1.10. The SMILES string of the molecule is CCOC1CCN(C2COc3ccccc3C2N)CC1. The molecule has 1 saturated heterocycles. The maximum Gasteiger partial charge on any atom is 0.124 e. The van der Waals surface area contributed by atoms with E-state index in [0.29, 0.717) is 12.7 Å². The number of hydrogen-bond acceptors (Lipinski definition) is 4. The molecule has 0 aliphatic carbocycles. The molecule has 20 heavy (non-hydrogen) atoms. The van der Waals surface area contributed by atoms with E-state index in [1.807, 2.05) is 18.2 Å². The van der Waals surface area contributed by atoms with E-state index in [9.17, 15) is 0 Å². The Labute approximate surface area is 120 Å². The third-order valence-electron chi connectivity index (χ3n) is 4.45. The Balaban J connectivity index is 1.65. The minimum Gasteiger partial charge on any atom is -0.492 e. The highest BCUT2D eigenvalue weighted by Crippen LogP contribution is 2.33. The minimum atomic E-state index is 0.0450. The average Bonchev–Trinajstić information content (AvgIpc) is 2.49. The molecular formula is C16H24N2O2. The van der Waals surface area contributed by atoms with Gasteiger partial charge in [-0.2, -0.15) is 0 Å². The van der Waals surface area contributed by atoms with Gasteiger partial charge in [0.2, 0.25) is 0 Å². The zero-order chi connectivity index (χ0) is 13.9. The molecule has 4 heteroatoms. The second-order valence-electron chi connectivity index (χ2n) is 5.63. The number of likely N-dealkylation sites (tertiary alicyclic amines) is 1. The van der Waals surface area contributed by atoms with Crippen LogP contribution >= 0.6 is 0 Å². The Morgan fingerprint density at radius 2 is 2.05 bits per heavy atom. The van der Waals surface area contributed by atoms with Crippen LogP contribution in [-0.4, -0.2) is 43.3 Å². The van der Waals surface area contributed by atoms with E-state index in [-0.39, 0.29) is 12.1 Å². The molecule has 2 N–H and O–H groups in total. The van der Waals surface area contributed by atoms with Crippen molar-refractivity contribution in [2.75, 3.05) is 26.3 Å². The summed E-state index contributed by atoms with van der Waals surface area (Å²) in [6.07, 6.45) is 2.61. The molecule has 1 aromatic rings. The summed E-state index contributed by atoms with van der Waals surface area (Å²) in [5.41, 5.74) is 7.60. The molecule has 0 aromatic heterocycles. The predicted molar refractivity (Wildman–Crippen MR) is 78.9 cm³/mol. The highest BCUT2D eigenvalue weighted by atomic mass is 16.5. The number of nitrogens with two attached hydrogens (primary N) is 1. The molecule has 1 fully saturated rings. The molecule has 4 nitrogen and oxygen atoms in total. The summed E-state index contributed by atoms with van der Waals surface area (Å²) in [5.74, 6) is 0.945. The van der Waals surface area contributed by atoms with Crippen LogP contribution in [0.1, 0.15) is 31.4 Å². The fourth-order valence-electron chi connectivity index (χ4n) is 3.32. The van der Waals surface area contributed by atoms with Crippen molar-refractivity contribution < 1.29 is 9.47 Å².